The molecule has 142 valence electrons. The van der Waals surface area contributed by atoms with Crippen LogP contribution in [0.3, 0.4) is 0 Å². The Bertz CT molecular complexity index is 652. The molecule has 1 aromatic rings. The molecule has 0 aliphatic carbocycles. The third kappa shape index (κ3) is 4.94. The molecule has 1 heterocycles. The van der Waals surface area contributed by atoms with Gasteiger partial charge in [-0.3, -0.25) is 4.79 Å². The molecule has 0 atom stereocenters. The predicted molar refractivity (Wildman–Crippen MR) is 102 cm³/mol. The summed E-state index contributed by atoms with van der Waals surface area (Å²) in [6.45, 7) is 10.8. The highest BCUT2D eigenvalue weighted by Gasteiger charge is 2.24. The van der Waals surface area contributed by atoms with Crippen molar-refractivity contribution in [3.05, 3.63) is 29.8 Å². The van der Waals surface area contributed by atoms with Gasteiger partial charge in [0.1, 0.15) is 0 Å². The van der Waals surface area contributed by atoms with Crippen LogP contribution in [0.4, 0.5) is 0 Å². The Morgan fingerprint density at radius 2 is 1.52 bits per heavy atom. The summed E-state index contributed by atoms with van der Waals surface area (Å²) in [7, 11) is -3.48. The minimum absolute atomic E-state index is 0. The van der Waals surface area contributed by atoms with Crippen LogP contribution < -0.4 is 0 Å². The van der Waals surface area contributed by atoms with Crippen LogP contribution in [0.1, 0.15) is 31.1 Å². The Morgan fingerprint density at radius 1 is 1.00 bits per heavy atom. The second kappa shape index (κ2) is 9.52. The number of hydrogen-bond acceptors (Lipinski definition) is 4. The average Bonchev–Trinajstić information content (AvgIpc) is 2.62. The molecule has 0 saturated carbocycles. The first-order valence-corrected chi connectivity index (χ1v) is 9.99. The van der Waals surface area contributed by atoms with E-state index in [9.17, 15) is 13.2 Å². The zero-order chi connectivity index (χ0) is 17.7. The molecule has 1 aliphatic rings. The lowest BCUT2D eigenvalue weighted by atomic mass is 10.2. The summed E-state index contributed by atoms with van der Waals surface area (Å²) in [5.74, 6) is -0.0301. The highest BCUT2D eigenvalue weighted by Crippen LogP contribution is 2.17. The topological polar surface area (TPSA) is 60.9 Å². The van der Waals surface area contributed by atoms with Gasteiger partial charge in [0.15, 0.2) is 0 Å². The summed E-state index contributed by atoms with van der Waals surface area (Å²) in [4.78, 5) is 16.9. The molecule has 6 nitrogen and oxygen atoms in total. The van der Waals surface area contributed by atoms with Crippen LogP contribution in [-0.2, 0) is 10.0 Å². The molecule has 0 unspecified atom stereocenters. The van der Waals surface area contributed by atoms with Crippen LogP contribution in [0.15, 0.2) is 29.2 Å². The van der Waals surface area contributed by atoms with Crippen molar-refractivity contribution in [3.63, 3.8) is 0 Å². The number of likely N-dealkylation sites (N-methyl/N-ethyl adjacent to an activating group) is 1. The van der Waals surface area contributed by atoms with Crippen LogP contribution in [-0.4, -0.2) is 74.2 Å². The van der Waals surface area contributed by atoms with E-state index in [1.54, 1.807) is 12.1 Å². The quantitative estimate of drug-likeness (QED) is 0.745. The molecule has 1 amide bonds. The number of sulfonamides is 1. The molecule has 1 fully saturated rings. The lowest BCUT2D eigenvalue weighted by Crippen LogP contribution is -2.48. The van der Waals surface area contributed by atoms with Gasteiger partial charge in [0.2, 0.25) is 10.0 Å². The number of carbonyl (C=O) groups is 1. The zero-order valence-corrected chi connectivity index (χ0v) is 16.8. The van der Waals surface area contributed by atoms with Crippen molar-refractivity contribution >= 4 is 28.3 Å². The van der Waals surface area contributed by atoms with Gasteiger partial charge in [-0.1, -0.05) is 20.8 Å². The molecule has 0 bridgehead atoms. The maximum atomic E-state index is 12.5. The van der Waals surface area contributed by atoms with Gasteiger partial charge in [-0.15, -0.1) is 12.4 Å². The van der Waals surface area contributed by atoms with Crippen LogP contribution in [0.2, 0.25) is 0 Å². The molecule has 1 aliphatic heterocycles. The number of rotatable bonds is 6. The van der Waals surface area contributed by atoms with Gasteiger partial charge >= 0.3 is 0 Å². The minimum Gasteiger partial charge on any atom is -0.336 e. The molecule has 1 saturated heterocycles. The summed E-state index contributed by atoms with van der Waals surface area (Å²) >= 11 is 0. The average molecular weight is 390 g/mol. The third-order valence-electron chi connectivity index (χ3n) is 4.55. The van der Waals surface area contributed by atoms with Crippen molar-refractivity contribution in [1.82, 2.24) is 14.1 Å². The minimum atomic E-state index is -3.48. The number of benzene rings is 1. The van der Waals surface area contributed by atoms with Crippen molar-refractivity contribution in [3.8, 4) is 0 Å². The molecular formula is C17H28ClN3O3S. The maximum Gasteiger partial charge on any atom is 0.253 e. The molecule has 0 N–H and O–H groups in total. The number of hydrogen-bond donors (Lipinski definition) is 0. The smallest absolute Gasteiger partial charge is 0.253 e. The lowest BCUT2D eigenvalue weighted by Gasteiger charge is -2.34. The summed E-state index contributed by atoms with van der Waals surface area (Å²) in [5.41, 5.74) is 0.540. The molecule has 0 spiro atoms. The molecular weight excluding hydrogens is 362 g/mol. The Labute approximate surface area is 157 Å². The fourth-order valence-corrected chi connectivity index (χ4v) is 4.39. The van der Waals surface area contributed by atoms with Crippen LogP contribution in [0, 0.1) is 0 Å². The molecule has 0 radical (unpaired) electrons. The zero-order valence-electron chi connectivity index (χ0n) is 15.1. The number of amides is 1. The van der Waals surface area contributed by atoms with Gasteiger partial charge in [-0.2, -0.15) is 4.31 Å². The summed E-state index contributed by atoms with van der Waals surface area (Å²) in [6, 6.07) is 6.29. The Balaban J connectivity index is 0.00000312. The van der Waals surface area contributed by atoms with Gasteiger partial charge in [-0.25, -0.2) is 8.42 Å². The van der Waals surface area contributed by atoms with Crippen molar-refractivity contribution in [1.29, 1.82) is 0 Å². The van der Waals surface area contributed by atoms with E-state index in [1.807, 2.05) is 18.7 Å². The van der Waals surface area contributed by atoms with Gasteiger partial charge in [0.25, 0.3) is 5.91 Å². The van der Waals surface area contributed by atoms with E-state index in [-0.39, 0.29) is 23.2 Å². The first-order valence-electron chi connectivity index (χ1n) is 8.55. The fraction of sp³-hybridized carbons (Fsp3) is 0.588. The molecule has 2 rings (SSSR count). The molecule has 1 aromatic carbocycles. The van der Waals surface area contributed by atoms with Gasteiger partial charge in [0.05, 0.1) is 4.90 Å². The van der Waals surface area contributed by atoms with Crippen LogP contribution in [0.25, 0.3) is 0 Å². The number of carbonyl (C=O) groups excluding carboxylic acids is 1. The van der Waals surface area contributed by atoms with Crippen molar-refractivity contribution in [2.45, 2.75) is 25.7 Å². The van der Waals surface area contributed by atoms with Crippen LogP contribution in [0.5, 0.6) is 0 Å². The Kier molecular flexibility index (Phi) is 8.34. The lowest BCUT2D eigenvalue weighted by molar-refractivity contribution is 0.0643. The standard InChI is InChI=1S/C17H27N3O3S.ClH/c1-4-18-11-13-19(14-12-18)17(21)15-7-9-16(10-8-15)24(22,23)20(5-2)6-3;/h7-10H,4-6,11-14H2,1-3H3;1H. The Hall–Kier alpha value is -1.15. The van der Waals surface area contributed by atoms with E-state index in [4.69, 9.17) is 0 Å². The van der Waals surface area contributed by atoms with Crippen molar-refractivity contribution < 1.29 is 13.2 Å². The van der Waals surface area contributed by atoms with Crippen molar-refractivity contribution in [2.75, 3.05) is 45.8 Å². The van der Waals surface area contributed by atoms with Gasteiger partial charge in [0, 0.05) is 44.8 Å². The summed E-state index contributed by atoms with van der Waals surface area (Å²) < 4.78 is 26.4. The molecule has 0 aromatic heterocycles. The second-order valence-corrected chi connectivity index (χ2v) is 7.78. The third-order valence-corrected chi connectivity index (χ3v) is 6.62. The SMILES string of the molecule is CCN1CCN(C(=O)c2ccc(S(=O)(=O)N(CC)CC)cc2)CC1.Cl. The van der Waals surface area contributed by atoms with E-state index in [2.05, 4.69) is 11.8 Å². The van der Waals surface area contributed by atoms with Gasteiger partial charge < -0.3 is 9.80 Å². The highest BCUT2D eigenvalue weighted by molar-refractivity contribution is 7.89. The van der Waals surface area contributed by atoms with Gasteiger partial charge in [-0.05, 0) is 30.8 Å². The maximum absolute atomic E-state index is 12.5. The number of piperazine rings is 1. The number of nitrogens with zero attached hydrogens (tertiary/aromatic N) is 3. The normalized spacial score (nSPS) is 15.9. The van der Waals surface area contributed by atoms with E-state index in [0.717, 1.165) is 19.6 Å². The fourth-order valence-electron chi connectivity index (χ4n) is 2.93. The van der Waals surface area contributed by atoms with E-state index >= 15 is 0 Å². The van der Waals surface area contributed by atoms with E-state index in [1.165, 1.54) is 16.4 Å². The molecule has 25 heavy (non-hydrogen) atoms. The highest BCUT2D eigenvalue weighted by atomic mass is 35.5. The van der Waals surface area contributed by atoms with Crippen molar-refractivity contribution in [2.24, 2.45) is 0 Å². The summed E-state index contributed by atoms with van der Waals surface area (Å²) in [5, 5.41) is 0. The van der Waals surface area contributed by atoms with E-state index < -0.39 is 10.0 Å². The first-order chi connectivity index (χ1) is 11.4. The van der Waals surface area contributed by atoms with E-state index in [0.29, 0.717) is 31.7 Å². The molecule has 8 heteroatoms. The predicted octanol–water partition coefficient (Wildman–Crippen LogP) is 1.92. The monoisotopic (exact) mass is 389 g/mol. The second-order valence-electron chi connectivity index (χ2n) is 5.84. The number of halogens is 1. The summed E-state index contributed by atoms with van der Waals surface area (Å²) in [6.07, 6.45) is 0. The largest absolute Gasteiger partial charge is 0.336 e. The first kappa shape index (κ1) is 21.9. The van der Waals surface area contributed by atoms with Crippen LogP contribution >= 0.6 is 12.4 Å². The Morgan fingerprint density at radius 3 is 1.96 bits per heavy atom.